The summed E-state index contributed by atoms with van der Waals surface area (Å²) in [5.41, 5.74) is 1.37. The molecule has 2 amide bonds. The molecule has 0 fully saturated rings. The predicted octanol–water partition coefficient (Wildman–Crippen LogP) is 5.57. The van der Waals surface area contributed by atoms with E-state index in [0.29, 0.717) is 17.2 Å². The normalized spacial score (nSPS) is 12.4. The first-order valence-corrected chi connectivity index (χ1v) is 15.2. The van der Waals surface area contributed by atoms with Crippen LogP contribution in [0.4, 0.5) is 5.69 Å². The van der Waals surface area contributed by atoms with E-state index in [4.69, 9.17) is 16.3 Å². The molecule has 0 saturated carbocycles. The number of aryl methyl sites for hydroxylation is 1. The molecule has 0 unspecified atom stereocenters. The summed E-state index contributed by atoms with van der Waals surface area (Å²) in [6.45, 7) is 8.82. The number of carbonyl (C=O) groups is 2. The molecule has 0 bridgehead atoms. The number of sulfonamides is 1. The number of hydrogen-bond acceptors (Lipinski definition) is 5. The highest BCUT2D eigenvalue weighted by atomic mass is 35.5. The van der Waals surface area contributed by atoms with Crippen LogP contribution >= 0.6 is 11.6 Å². The van der Waals surface area contributed by atoms with E-state index in [1.165, 1.54) is 23.1 Å². The average Bonchev–Trinajstić information content (AvgIpc) is 2.91. The Morgan fingerprint density at radius 3 is 2.17 bits per heavy atom. The van der Waals surface area contributed by atoms with Crippen LogP contribution in [0.3, 0.4) is 0 Å². The van der Waals surface area contributed by atoms with Gasteiger partial charge in [0.25, 0.3) is 10.0 Å². The molecule has 3 aromatic carbocycles. The minimum Gasteiger partial charge on any atom is -0.497 e. The van der Waals surface area contributed by atoms with E-state index in [1.54, 1.807) is 49.6 Å². The van der Waals surface area contributed by atoms with E-state index in [0.717, 1.165) is 15.4 Å². The van der Waals surface area contributed by atoms with Gasteiger partial charge in [0.05, 0.1) is 17.7 Å². The van der Waals surface area contributed by atoms with Crippen LogP contribution < -0.4 is 14.4 Å². The van der Waals surface area contributed by atoms with Gasteiger partial charge in [0.2, 0.25) is 11.8 Å². The Morgan fingerprint density at radius 2 is 1.63 bits per heavy atom. The number of anilines is 1. The molecule has 3 aromatic rings. The van der Waals surface area contributed by atoms with Crippen LogP contribution in [0.15, 0.2) is 77.7 Å². The lowest BCUT2D eigenvalue weighted by atomic mass is 10.1. The number of rotatable bonds is 11. The maximum atomic E-state index is 14.1. The van der Waals surface area contributed by atoms with E-state index in [1.807, 2.05) is 46.8 Å². The van der Waals surface area contributed by atoms with Gasteiger partial charge in [0.1, 0.15) is 18.3 Å². The van der Waals surface area contributed by atoms with Crippen molar-refractivity contribution in [1.29, 1.82) is 0 Å². The second kappa shape index (κ2) is 13.4. The number of hydrogen-bond donors (Lipinski definition) is 1. The van der Waals surface area contributed by atoms with E-state index in [9.17, 15) is 18.0 Å². The molecule has 0 aliphatic rings. The number of methoxy groups -OCH3 is 1. The lowest BCUT2D eigenvalue weighted by Gasteiger charge is -2.34. The van der Waals surface area contributed by atoms with Gasteiger partial charge in [-0.2, -0.15) is 0 Å². The molecule has 1 atom stereocenters. The summed E-state index contributed by atoms with van der Waals surface area (Å²) >= 11 is 6.23. The summed E-state index contributed by atoms with van der Waals surface area (Å²) in [4.78, 5) is 29.0. The molecule has 3 rings (SSSR count). The van der Waals surface area contributed by atoms with Crippen LogP contribution in [0.5, 0.6) is 5.75 Å². The van der Waals surface area contributed by atoms with Gasteiger partial charge < -0.3 is 15.0 Å². The number of benzene rings is 3. The SMILES string of the molecule is CC[C@@H](C(=O)NC(C)(C)C)N(Cc1ccc(OC)cc1)C(=O)CN(c1cccc(Cl)c1)S(=O)(=O)c1ccc(C)cc1. The molecule has 8 nitrogen and oxygen atoms in total. The van der Waals surface area contributed by atoms with Crippen molar-refractivity contribution < 1.29 is 22.7 Å². The predicted molar refractivity (Wildman–Crippen MR) is 163 cm³/mol. The Balaban J connectivity index is 2.07. The second-order valence-corrected chi connectivity index (χ2v) is 13.1. The largest absolute Gasteiger partial charge is 0.497 e. The summed E-state index contributed by atoms with van der Waals surface area (Å²) in [6.07, 6.45) is 0.325. The van der Waals surface area contributed by atoms with E-state index in [-0.39, 0.29) is 23.0 Å². The zero-order valence-corrected chi connectivity index (χ0v) is 25.9. The number of amides is 2. The molecule has 1 N–H and O–H groups in total. The fourth-order valence-corrected chi connectivity index (χ4v) is 5.89. The smallest absolute Gasteiger partial charge is 0.264 e. The molecule has 0 radical (unpaired) electrons. The van der Waals surface area contributed by atoms with Crippen LogP contribution in [0.1, 0.15) is 45.2 Å². The molecule has 0 spiro atoms. The van der Waals surface area contributed by atoms with E-state index in [2.05, 4.69) is 5.32 Å². The first kappa shape index (κ1) is 32.0. The van der Waals surface area contributed by atoms with Gasteiger partial charge in [-0.3, -0.25) is 13.9 Å². The Morgan fingerprint density at radius 1 is 1.00 bits per heavy atom. The van der Waals surface area contributed by atoms with Crippen molar-refractivity contribution in [3.8, 4) is 5.75 Å². The summed E-state index contributed by atoms with van der Waals surface area (Å²) in [6, 6.07) is 19.1. The van der Waals surface area contributed by atoms with Gasteiger partial charge in [0.15, 0.2) is 0 Å². The zero-order chi connectivity index (χ0) is 30.4. The van der Waals surface area contributed by atoms with Gasteiger partial charge >= 0.3 is 0 Å². The minimum absolute atomic E-state index is 0.0371. The first-order valence-electron chi connectivity index (χ1n) is 13.3. The topological polar surface area (TPSA) is 96.0 Å². The third kappa shape index (κ3) is 8.47. The Bertz CT molecular complexity index is 1450. The zero-order valence-electron chi connectivity index (χ0n) is 24.3. The monoisotopic (exact) mass is 599 g/mol. The average molecular weight is 600 g/mol. The van der Waals surface area contributed by atoms with Crippen molar-refractivity contribution in [2.75, 3.05) is 18.0 Å². The van der Waals surface area contributed by atoms with Crippen LogP contribution in [0.2, 0.25) is 5.02 Å². The molecule has 220 valence electrons. The number of halogens is 1. The van der Waals surface area contributed by atoms with Crippen LogP contribution in [-0.2, 0) is 26.2 Å². The fourth-order valence-electron chi connectivity index (χ4n) is 4.30. The lowest BCUT2D eigenvalue weighted by molar-refractivity contribution is -0.141. The van der Waals surface area contributed by atoms with Crippen LogP contribution in [0.25, 0.3) is 0 Å². The van der Waals surface area contributed by atoms with Gasteiger partial charge in [0, 0.05) is 17.1 Å². The molecular weight excluding hydrogens is 562 g/mol. The van der Waals surface area contributed by atoms with E-state index < -0.39 is 34.1 Å². The second-order valence-electron chi connectivity index (χ2n) is 10.8. The number of ether oxygens (including phenoxy) is 1. The third-order valence-corrected chi connectivity index (χ3v) is 8.40. The van der Waals surface area contributed by atoms with Crippen LogP contribution in [0, 0.1) is 6.92 Å². The van der Waals surface area contributed by atoms with Crippen LogP contribution in [-0.4, -0.2) is 50.4 Å². The maximum Gasteiger partial charge on any atom is 0.264 e. The summed E-state index contributed by atoms with van der Waals surface area (Å²) in [7, 11) is -2.61. The Kier molecular flexibility index (Phi) is 10.4. The molecular formula is C31H38ClN3O5S. The Hall–Kier alpha value is -3.56. The number of carbonyl (C=O) groups excluding carboxylic acids is 2. The van der Waals surface area contributed by atoms with Gasteiger partial charge in [-0.1, -0.05) is 54.4 Å². The maximum absolute atomic E-state index is 14.1. The first-order chi connectivity index (χ1) is 19.2. The van der Waals surface area contributed by atoms with Gasteiger partial charge in [-0.25, -0.2) is 8.42 Å². The van der Waals surface area contributed by atoms with Gasteiger partial charge in [-0.15, -0.1) is 0 Å². The van der Waals surface area contributed by atoms with Crippen molar-refractivity contribution in [2.45, 2.75) is 64.1 Å². The third-order valence-electron chi connectivity index (χ3n) is 6.38. The lowest BCUT2D eigenvalue weighted by Crippen LogP contribution is -2.55. The van der Waals surface area contributed by atoms with Gasteiger partial charge in [-0.05, 0) is 82.1 Å². The minimum atomic E-state index is -4.17. The molecule has 0 heterocycles. The quantitative estimate of drug-likeness (QED) is 0.311. The van der Waals surface area contributed by atoms with Crippen molar-refractivity contribution in [2.24, 2.45) is 0 Å². The molecule has 10 heteroatoms. The highest BCUT2D eigenvalue weighted by Gasteiger charge is 2.34. The van der Waals surface area contributed by atoms with E-state index >= 15 is 0 Å². The molecule has 0 saturated heterocycles. The molecule has 41 heavy (non-hydrogen) atoms. The Labute approximate surface area is 248 Å². The van der Waals surface area contributed by atoms with Crippen molar-refractivity contribution >= 4 is 39.1 Å². The summed E-state index contributed by atoms with van der Waals surface area (Å²) in [5.74, 6) is -0.203. The van der Waals surface area contributed by atoms with Crippen molar-refractivity contribution in [3.05, 3.63) is 88.9 Å². The highest BCUT2D eigenvalue weighted by molar-refractivity contribution is 7.92. The highest BCUT2D eigenvalue weighted by Crippen LogP contribution is 2.27. The molecule has 0 aliphatic heterocycles. The standard InChI is InChI=1S/C31H38ClN3O5S/c1-7-28(30(37)33-31(3,4)5)34(20-23-13-15-26(40-6)16-14-23)29(36)21-35(25-10-8-9-24(32)19-25)41(38,39)27-17-11-22(2)12-18-27/h8-19,28H,7,20-21H2,1-6H3,(H,33,37)/t28-/m0/s1. The van der Waals surface area contributed by atoms with Crippen molar-refractivity contribution in [1.82, 2.24) is 10.2 Å². The van der Waals surface area contributed by atoms with Crippen molar-refractivity contribution in [3.63, 3.8) is 0 Å². The number of nitrogens with one attached hydrogen (secondary N) is 1. The summed E-state index contributed by atoms with van der Waals surface area (Å²) < 4.78 is 34.1. The molecule has 0 aliphatic carbocycles. The molecule has 0 aromatic heterocycles. The fraction of sp³-hybridized carbons (Fsp3) is 0.355. The number of nitrogens with zero attached hydrogens (tertiary/aromatic N) is 2. The summed E-state index contributed by atoms with van der Waals surface area (Å²) in [5, 5.41) is 3.29.